The number of aromatic nitrogens is 1. The number of anilines is 1. The smallest absolute Gasteiger partial charge is 0.271 e. The van der Waals surface area contributed by atoms with Crippen molar-refractivity contribution in [1.29, 1.82) is 5.26 Å². The lowest BCUT2D eigenvalue weighted by Crippen LogP contribution is -2.27. The van der Waals surface area contributed by atoms with E-state index in [4.69, 9.17) is 16.9 Å². The fourth-order valence-corrected chi connectivity index (χ4v) is 2.64. The third-order valence-corrected chi connectivity index (χ3v) is 3.50. The van der Waals surface area contributed by atoms with E-state index in [0.29, 0.717) is 16.8 Å². The van der Waals surface area contributed by atoms with Crippen LogP contribution in [0.1, 0.15) is 43.2 Å². The minimum Gasteiger partial charge on any atom is -0.271 e. The Balaban J connectivity index is 2.22. The van der Waals surface area contributed by atoms with Gasteiger partial charge in [-0.2, -0.15) is 5.26 Å². The second-order valence-electron chi connectivity index (χ2n) is 4.64. The summed E-state index contributed by atoms with van der Waals surface area (Å²) in [6.07, 6.45) is 6.19. The Labute approximate surface area is 107 Å². The maximum Gasteiger partial charge on any atom is 0.292 e. The molecule has 0 aliphatic heterocycles. The van der Waals surface area contributed by atoms with E-state index in [9.17, 15) is 0 Å². The summed E-state index contributed by atoms with van der Waals surface area (Å²) in [7, 11) is 0. The van der Waals surface area contributed by atoms with Crippen molar-refractivity contribution in [3.05, 3.63) is 22.3 Å². The standard InChI is InChI=1S/C13H16ClN3/c1-9-7-12(14)17-13(11(9)8-15)16-10-5-3-2-4-6-10/h7,10H,2-6H2,1H3,(H,16,17)/p+1. The molecule has 1 aromatic heterocycles. The van der Waals surface area contributed by atoms with E-state index in [0.717, 1.165) is 11.4 Å². The molecule has 1 heterocycles. The van der Waals surface area contributed by atoms with Crippen LogP contribution in [0, 0.1) is 18.3 Å². The molecule has 1 saturated carbocycles. The molecule has 0 amide bonds. The molecule has 0 aromatic carbocycles. The first-order chi connectivity index (χ1) is 8.20. The molecule has 17 heavy (non-hydrogen) atoms. The Bertz CT molecular complexity index is 445. The molecule has 1 aliphatic carbocycles. The zero-order valence-electron chi connectivity index (χ0n) is 10.0. The van der Waals surface area contributed by atoms with Gasteiger partial charge in [-0.15, -0.1) is 0 Å². The van der Waals surface area contributed by atoms with Crippen LogP contribution in [0.4, 0.5) is 5.82 Å². The van der Waals surface area contributed by atoms with Crippen molar-refractivity contribution in [2.75, 3.05) is 5.32 Å². The van der Waals surface area contributed by atoms with Gasteiger partial charge in [0.05, 0.1) is 6.04 Å². The number of H-pyrrole nitrogens is 1. The van der Waals surface area contributed by atoms with Gasteiger partial charge in [-0.3, -0.25) is 5.32 Å². The number of halogens is 1. The van der Waals surface area contributed by atoms with Crippen molar-refractivity contribution in [2.24, 2.45) is 0 Å². The molecular formula is C13H17ClN3+. The molecule has 0 saturated heterocycles. The maximum absolute atomic E-state index is 9.17. The van der Waals surface area contributed by atoms with E-state index >= 15 is 0 Å². The van der Waals surface area contributed by atoms with Gasteiger partial charge in [0.25, 0.3) is 5.82 Å². The zero-order chi connectivity index (χ0) is 12.3. The average molecular weight is 251 g/mol. The number of pyridine rings is 1. The minimum atomic E-state index is 0.463. The van der Waals surface area contributed by atoms with E-state index in [1.807, 2.05) is 6.92 Å². The average Bonchev–Trinajstić information content (AvgIpc) is 2.30. The topological polar surface area (TPSA) is 50.0 Å². The molecule has 1 aliphatic rings. The Morgan fingerprint density at radius 3 is 2.76 bits per heavy atom. The van der Waals surface area contributed by atoms with E-state index in [1.54, 1.807) is 6.07 Å². The third-order valence-electron chi connectivity index (χ3n) is 3.30. The predicted molar refractivity (Wildman–Crippen MR) is 68.0 cm³/mol. The maximum atomic E-state index is 9.17. The fourth-order valence-electron chi connectivity index (χ4n) is 2.38. The van der Waals surface area contributed by atoms with Crippen LogP contribution in [0.15, 0.2) is 6.07 Å². The summed E-state index contributed by atoms with van der Waals surface area (Å²) < 4.78 is 0. The molecule has 0 bridgehead atoms. The Kier molecular flexibility index (Phi) is 3.86. The van der Waals surface area contributed by atoms with Crippen LogP contribution in [-0.4, -0.2) is 6.04 Å². The van der Waals surface area contributed by atoms with Crippen LogP contribution in [-0.2, 0) is 0 Å². The largest absolute Gasteiger partial charge is 0.292 e. The van der Waals surface area contributed by atoms with Crippen LogP contribution < -0.4 is 10.3 Å². The number of aromatic amines is 1. The van der Waals surface area contributed by atoms with Gasteiger partial charge < -0.3 is 0 Å². The second kappa shape index (κ2) is 5.37. The number of rotatable bonds is 2. The van der Waals surface area contributed by atoms with Gasteiger partial charge in [-0.25, -0.2) is 4.98 Å². The SMILES string of the molecule is Cc1cc(Cl)[nH+]c(NC2CCCCC2)c1C#N. The fraction of sp³-hybridized carbons (Fsp3) is 0.538. The quantitative estimate of drug-likeness (QED) is 0.820. The predicted octanol–water partition coefficient (Wildman–Crippen LogP) is 3.08. The first kappa shape index (κ1) is 12.2. The van der Waals surface area contributed by atoms with Crippen molar-refractivity contribution in [3.63, 3.8) is 0 Å². The van der Waals surface area contributed by atoms with Crippen molar-refractivity contribution < 1.29 is 4.98 Å². The molecule has 1 fully saturated rings. The normalized spacial score (nSPS) is 16.5. The van der Waals surface area contributed by atoms with E-state index in [-0.39, 0.29) is 0 Å². The number of nitriles is 1. The summed E-state index contributed by atoms with van der Waals surface area (Å²) in [6.45, 7) is 1.91. The second-order valence-corrected chi connectivity index (χ2v) is 5.05. The highest BCUT2D eigenvalue weighted by molar-refractivity contribution is 6.28. The molecule has 3 nitrogen and oxygen atoms in total. The lowest BCUT2D eigenvalue weighted by Gasteiger charge is -2.19. The number of hydrogen-bond donors (Lipinski definition) is 1. The van der Waals surface area contributed by atoms with Crippen LogP contribution in [0.2, 0.25) is 5.15 Å². The molecule has 2 N–H and O–H groups in total. The van der Waals surface area contributed by atoms with Crippen LogP contribution in [0.25, 0.3) is 0 Å². The van der Waals surface area contributed by atoms with Gasteiger partial charge in [0.15, 0.2) is 5.15 Å². The molecular weight excluding hydrogens is 234 g/mol. The molecule has 2 rings (SSSR count). The molecule has 0 radical (unpaired) electrons. The van der Waals surface area contributed by atoms with Crippen LogP contribution in [0.3, 0.4) is 0 Å². The molecule has 0 atom stereocenters. The molecule has 0 spiro atoms. The Morgan fingerprint density at radius 1 is 1.41 bits per heavy atom. The minimum absolute atomic E-state index is 0.463. The van der Waals surface area contributed by atoms with Crippen molar-refractivity contribution in [2.45, 2.75) is 45.1 Å². The summed E-state index contributed by atoms with van der Waals surface area (Å²) in [4.78, 5) is 3.05. The van der Waals surface area contributed by atoms with Gasteiger partial charge in [0, 0.05) is 6.07 Å². The van der Waals surface area contributed by atoms with Crippen LogP contribution in [0.5, 0.6) is 0 Å². The number of nitrogens with one attached hydrogen (secondary N) is 2. The van der Waals surface area contributed by atoms with E-state index in [2.05, 4.69) is 16.4 Å². The summed E-state index contributed by atoms with van der Waals surface area (Å²) in [5, 5.41) is 13.2. The van der Waals surface area contributed by atoms with E-state index < -0.39 is 0 Å². The molecule has 0 unspecified atom stereocenters. The van der Waals surface area contributed by atoms with Gasteiger partial charge in [0.2, 0.25) is 0 Å². The Morgan fingerprint density at radius 2 is 2.12 bits per heavy atom. The highest BCUT2D eigenvalue weighted by atomic mass is 35.5. The molecule has 90 valence electrons. The van der Waals surface area contributed by atoms with Gasteiger partial charge in [0.1, 0.15) is 11.6 Å². The Hall–Kier alpha value is -1.27. The monoisotopic (exact) mass is 250 g/mol. The number of hydrogen-bond acceptors (Lipinski definition) is 2. The van der Waals surface area contributed by atoms with E-state index in [1.165, 1.54) is 32.1 Å². The highest BCUT2D eigenvalue weighted by Crippen LogP contribution is 2.23. The summed E-state index contributed by atoms with van der Waals surface area (Å²) >= 11 is 5.99. The zero-order valence-corrected chi connectivity index (χ0v) is 10.8. The van der Waals surface area contributed by atoms with Gasteiger partial charge in [-0.05, 0) is 49.8 Å². The molecule has 4 heteroatoms. The van der Waals surface area contributed by atoms with Crippen LogP contribution >= 0.6 is 11.6 Å². The van der Waals surface area contributed by atoms with Crippen molar-refractivity contribution in [1.82, 2.24) is 0 Å². The molecule has 1 aromatic rings. The third kappa shape index (κ3) is 2.89. The first-order valence-electron chi connectivity index (χ1n) is 6.10. The van der Waals surface area contributed by atoms with Crippen molar-refractivity contribution in [3.8, 4) is 6.07 Å². The first-order valence-corrected chi connectivity index (χ1v) is 6.47. The highest BCUT2D eigenvalue weighted by Gasteiger charge is 2.22. The van der Waals surface area contributed by atoms with Gasteiger partial charge in [-0.1, -0.05) is 6.42 Å². The summed E-state index contributed by atoms with van der Waals surface area (Å²) in [5.41, 5.74) is 1.58. The van der Waals surface area contributed by atoms with Crippen molar-refractivity contribution >= 4 is 17.4 Å². The number of aryl methyl sites for hydroxylation is 1. The lowest BCUT2D eigenvalue weighted by atomic mass is 9.95. The summed E-state index contributed by atoms with van der Waals surface area (Å²) in [5.74, 6) is 0.768. The summed E-state index contributed by atoms with van der Waals surface area (Å²) in [6, 6.07) is 4.48. The lowest BCUT2D eigenvalue weighted by molar-refractivity contribution is -0.359. The van der Waals surface area contributed by atoms with Gasteiger partial charge >= 0.3 is 0 Å². The number of nitrogens with zero attached hydrogens (tertiary/aromatic N) is 1.